The summed E-state index contributed by atoms with van der Waals surface area (Å²) in [7, 11) is 0. The maximum Gasteiger partial charge on any atom is 0.103 e. The monoisotopic (exact) mass is 205 g/mol. The van der Waals surface area contributed by atoms with E-state index in [-0.39, 0.29) is 0 Å². The van der Waals surface area contributed by atoms with Crippen molar-refractivity contribution < 1.29 is 4.90 Å². The van der Waals surface area contributed by atoms with Crippen LogP contribution < -0.4 is 10.6 Å². The molecule has 0 aromatic heterocycles. The van der Waals surface area contributed by atoms with Crippen molar-refractivity contribution in [1.82, 2.24) is 0 Å². The number of quaternary nitrogens is 1. The van der Waals surface area contributed by atoms with E-state index in [0.717, 1.165) is 5.69 Å². The lowest BCUT2D eigenvalue weighted by molar-refractivity contribution is -0.913. The van der Waals surface area contributed by atoms with E-state index in [1.165, 1.54) is 50.9 Å². The summed E-state index contributed by atoms with van der Waals surface area (Å²) in [5.41, 5.74) is 7.96. The van der Waals surface area contributed by atoms with E-state index in [2.05, 4.69) is 12.1 Å². The number of anilines is 1. The number of benzene rings is 1. The van der Waals surface area contributed by atoms with E-state index >= 15 is 0 Å². The van der Waals surface area contributed by atoms with Gasteiger partial charge in [0.25, 0.3) is 0 Å². The van der Waals surface area contributed by atoms with Crippen molar-refractivity contribution in [2.45, 2.75) is 32.2 Å². The average molecular weight is 205 g/mol. The molecule has 1 aliphatic heterocycles. The molecule has 0 amide bonds. The summed E-state index contributed by atoms with van der Waals surface area (Å²) < 4.78 is 0. The number of rotatable bonds is 2. The number of nitrogen functional groups attached to an aromatic ring is 1. The zero-order valence-electron chi connectivity index (χ0n) is 9.34. The molecule has 0 atom stereocenters. The molecule has 3 N–H and O–H groups in total. The van der Waals surface area contributed by atoms with Crippen LogP contribution in [0, 0.1) is 0 Å². The molecule has 0 unspecified atom stereocenters. The Morgan fingerprint density at radius 1 is 0.933 bits per heavy atom. The molecule has 0 bridgehead atoms. The fourth-order valence-electron chi connectivity index (χ4n) is 2.33. The van der Waals surface area contributed by atoms with Gasteiger partial charge in [-0.2, -0.15) is 0 Å². The highest BCUT2D eigenvalue weighted by Crippen LogP contribution is 2.05. The summed E-state index contributed by atoms with van der Waals surface area (Å²) in [6, 6.07) is 8.33. The Morgan fingerprint density at radius 2 is 1.53 bits per heavy atom. The average Bonchev–Trinajstić information content (AvgIpc) is 2.50. The normalized spacial score (nSPS) is 18.7. The summed E-state index contributed by atoms with van der Waals surface area (Å²) in [6.07, 6.45) is 5.63. The maximum absolute atomic E-state index is 5.68. The first-order valence-corrected chi connectivity index (χ1v) is 6.02. The van der Waals surface area contributed by atoms with Crippen molar-refractivity contribution in [3.8, 4) is 0 Å². The molecule has 0 radical (unpaired) electrons. The Kier molecular flexibility index (Phi) is 3.62. The number of nitrogens with two attached hydrogens (primary N) is 1. The van der Waals surface area contributed by atoms with Gasteiger partial charge in [0.2, 0.25) is 0 Å². The first-order valence-electron chi connectivity index (χ1n) is 6.02. The van der Waals surface area contributed by atoms with Crippen molar-refractivity contribution in [2.24, 2.45) is 0 Å². The van der Waals surface area contributed by atoms with Crippen LogP contribution in [0.1, 0.15) is 31.2 Å². The molecule has 0 saturated carbocycles. The molecule has 0 aliphatic carbocycles. The number of hydrogen-bond acceptors (Lipinski definition) is 1. The minimum atomic E-state index is 0.865. The molecule has 82 valence electrons. The molecule has 2 heteroatoms. The van der Waals surface area contributed by atoms with Crippen LogP contribution in [0.5, 0.6) is 0 Å². The molecular formula is C13H21N2+. The fraction of sp³-hybridized carbons (Fsp3) is 0.538. The van der Waals surface area contributed by atoms with Gasteiger partial charge in [-0.15, -0.1) is 0 Å². The molecule has 1 fully saturated rings. The largest absolute Gasteiger partial charge is 0.399 e. The van der Waals surface area contributed by atoms with Gasteiger partial charge in [0.15, 0.2) is 0 Å². The van der Waals surface area contributed by atoms with Crippen LogP contribution in [0.4, 0.5) is 5.69 Å². The predicted octanol–water partition coefficient (Wildman–Crippen LogP) is 1.23. The smallest absolute Gasteiger partial charge is 0.103 e. The van der Waals surface area contributed by atoms with Gasteiger partial charge in [0.1, 0.15) is 6.54 Å². The summed E-state index contributed by atoms with van der Waals surface area (Å²) >= 11 is 0. The number of likely N-dealkylation sites (tertiary alicyclic amines) is 1. The van der Waals surface area contributed by atoms with Crippen LogP contribution >= 0.6 is 0 Å². The lowest BCUT2D eigenvalue weighted by Crippen LogP contribution is -3.10. The topological polar surface area (TPSA) is 30.5 Å². The first-order chi connectivity index (χ1) is 7.34. The third-order valence-corrected chi connectivity index (χ3v) is 3.24. The van der Waals surface area contributed by atoms with E-state index < -0.39 is 0 Å². The first kappa shape index (κ1) is 10.5. The highest BCUT2D eigenvalue weighted by atomic mass is 15.1. The molecule has 0 spiro atoms. The van der Waals surface area contributed by atoms with Gasteiger partial charge < -0.3 is 10.6 Å². The van der Waals surface area contributed by atoms with E-state index in [1.807, 2.05) is 12.1 Å². The molecule has 2 rings (SSSR count). The van der Waals surface area contributed by atoms with Crippen molar-refractivity contribution in [2.75, 3.05) is 18.8 Å². The minimum absolute atomic E-state index is 0.865. The molecular weight excluding hydrogens is 184 g/mol. The van der Waals surface area contributed by atoms with Crippen molar-refractivity contribution >= 4 is 5.69 Å². The van der Waals surface area contributed by atoms with Crippen LogP contribution in [-0.4, -0.2) is 13.1 Å². The highest BCUT2D eigenvalue weighted by Gasteiger charge is 2.12. The zero-order valence-corrected chi connectivity index (χ0v) is 9.34. The SMILES string of the molecule is Nc1ccc(C[NH+]2CCCCCC2)cc1. The Labute approximate surface area is 92.1 Å². The van der Waals surface area contributed by atoms with Gasteiger partial charge in [0.05, 0.1) is 13.1 Å². The van der Waals surface area contributed by atoms with E-state index in [9.17, 15) is 0 Å². The maximum atomic E-state index is 5.68. The second kappa shape index (κ2) is 5.17. The second-order valence-electron chi connectivity index (χ2n) is 4.58. The van der Waals surface area contributed by atoms with E-state index in [1.54, 1.807) is 4.90 Å². The van der Waals surface area contributed by atoms with Crippen LogP contribution in [0.25, 0.3) is 0 Å². The number of nitrogens with one attached hydrogen (secondary N) is 1. The standard InChI is InChI=1S/C13H20N2/c14-13-7-5-12(6-8-13)11-15-9-3-1-2-4-10-15/h5-8H,1-4,9-11,14H2/p+1. The van der Waals surface area contributed by atoms with Crippen LogP contribution in [0.2, 0.25) is 0 Å². The second-order valence-corrected chi connectivity index (χ2v) is 4.58. The third kappa shape index (κ3) is 3.24. The van der Waals surface area contributed by atoms with E-state index in [0.29, 0.717) is 0 Å². The Balaban J connectivity index is 1.92. The molecule has 1 aliphatic rings. The summed E-state index contributed by atoms with van der Waals surface area (Å²) in [4.78, 5) is 1.73. The van der Waals surface area contributed by atoms with Crippen LogP contribution in [0.3, 0.4) is 0 Å². The van der Waals surface area contributed by atoms with Gasteiger partial charge in [-0.1, -0.05) is 12.1 Å². The van der Waals surface area contributed by atoms with E-state index in [4.69, 9.17) is 5.73 Å². The number of hydrogen-bond donors (Lipinski definition) is 2. The highest BCUT2D eigenvalue weighted by molar-refractivity contribution is 5.38. The molecule has 15 heavy (non-hydrogen) atoms. The van der Waals surface area contributed by atoms with Gasteiger partial charge in [-0.3, -0.25) is 0 Å². The van der Waals surface area contributed by atoms with Crippen LogP contribution in [-0.2, 0) is 6.54 Å². The molecule has 2 nitrogen and oxygen atoms in total. The molecule has 1 saturated heterocycles. The predicted molar refractivity (Wildman–Crippen MR) is 63.7 cm³/mol. The van der Waals surface area contributed by atoms with Crippen molar-refractivity contribution in [1.29, 1.82) is 0 Å². The minimum Gasteiger partial charge on any atom is -0.399 e. The lowest BCUT2D eigenvalue weighted by Gasteiger charge is -2.16. The molecule has 1 aromatic carbocycles. The van der Waals surface area contributed by atoms with Gasteiger partial charge >= 0.3 is 0 Å². The van der Waals surface area contributed by atoms with Crippen molar-refractivity contribution in [3.05, 3.63) is 29.8 Å². The van der Waals surface area contributed by atoms with Crippen molar-refractivity contribution in [3.63, 3.8) is 0 Å². The Morgan fingerprint density at radius 3 is 2.13 bits per heavy atom. The molecule has 1 aromatic rings. The Hall–Kier alpha value is -1.02. The Bertz CT molecular complexity index is 284. The summed E-state index contributed by atoms with van der Waals surface area (Å²) in [5.74, 6) is 0. The van der Waals surface area contributed by atoms with Crippen LogP contribution in [0.15, 0.2) is 24.3 Å². The molecule has 1 heterocycles. The zero-order chi connectivity index (χ0) is 10.5. The van der Waals surface area contributed by atoms with Gasteiger partial charge in [0, 0.05) is 11.3 Å². The summed E-state index contributed by atoms with van der Waals surface area (Å²) in [6.45, 7) is 3.84. The third-order valence-electron chi connectivity index (χ3n) is 3.24. The quantitative estimate of drug-likeness (QED) is 0.699. The lowest BCUT2D eigenvalue weighted by atomic mass is 10.2. The fourth-order valence-corrected chi connectivity index (χ4v) is 2.33. The van der Waals surface area contributed by atoms with Gasteiger partial charge in [-0.25, -0.2) is 0 Å². The van der Waals surface area contributed by atoms with Gasteiger partial charge in [-0.05, 0) is 37.8 Å². The summed E-state index contributed by atoms with van der Waals surface area (Å²) in [5, 5.41) is 0.